The lowest BCUT2D eigenvalue weighted by Crippen LogP contribution is -2.14. The first kappa shape index (κ1) is 12.6. The largest absolute Gasteiger partial charge is 0.323 e. The molecule has 5 nitrogen and oxygen atoms in total. The van der Waals surface area contributed by atoms with E-state index < -0.39 is 5.69 Å². The Morgan fingerprint density at radius 3 is 2.39 bits per heavy atom. The number of nitrogens with one attached hydrogen (secondary N) is 3. The monoisotopic (exact) mass is 309 g/mol. The number of halogens is 1. The molecule has 1 aromatic carbocycles. The van der Waals surface area contributed by atoms with Gasteiger partial charge < -0.3 is 15.3 Å². The standard InChI is InChI=1S/C12H12BrN3O2/c1-6-3-8(4-7(2)10(6)13)15-11(17)9-5-14-12(18)16-9/h3-5H,1-2H3,(H,15,17)(H2,14,16,18). The van der Waals surface area contributed by atoms with Gasteiger partial charge in [0.15, 0.2) is 0 Å². The first-order valence-electron chi connectivity index (χ1n) is 5.33. The van der Waals surface area contributed by atoms with Gasteiger partial charge >= 0.3 is 5.69 Å². The number of carbonyl (C=O) groups is 1. The Kier molecular flexibility index (Phi) is 3.38. The molecule has 3 N–H and O–H groups in total. The number of carbonyl (C=O) groups excluding carboxylic acids is 1. The van der Waals surface area contributed by atoms with E-state index in [1.807, 2.05) is 26.0 Å². The second-order valence-electron chi connectivity index (χ2n) is 4.03. The van der Waals surface area contributed by atoms with E-state index in [0.29, 0.717) is 5.69 Å². The molecule has 0 aliphatic heterocycles. The summed E-state index contributed by atoms with van der Waals surface area (Å²) in [5.74, 6) is -0.352. The van der Waals surface area contributed by atoms with Crippen LogP contribution < -0.4 is 11.0 Å². The number of aryl methyl sites for hydroxylation is 2. The molecular weight excluding hydrogens is 298 g/mol. The van der Waals surface area contributed by atoms with Gasteiger partial charge in [0.2, 0.25) is 0 Å². The van der Waals surface area contributed by atoms with Crippen molar-refractivity contribution >= 4 is 27.5 Å². The van der Waals surface area contributed by atoms with Crippen LogP contribution >= 0.6 is 15.9 Å². The van der Waals surface area contributed by atoms with Crippen LogP contribution in [0.5, 0.6) is 0 Å². The van der Waals surface area contributed by atoms with E-state index >= 15 is 0 Å². The van der Waals surface area contributed by atoms with E-state index in [2.05, 4.69) is 31.2 Å². The maximum absolute atomic E-state index is 11.8. The summed E-state index contributed by atoms with van der Waals surface area (Å²) in [7, 11) is 0. The van der Waals surface area contributed by atoms with Crippen molar-refractivity contribution in [3.8, 4) is 0 Å². The van der Waals surface area contributed by atoms with Crippen LogP contribution in [0.15, 0.2) is 27.6 Å². The lowest BCUT2D eigenvalue weighted by molar-refractivity contribution is 0.102. The molecule has 0 fully saturated rings. The van der Waals surface area contributed by atoms with E-state index in [1.165, 1.54) is 6.20 Å². The van der Waals surface area contributed by atoms with Crippen LogP contribution in [0.4, 0.5) is 5.69 Å². The number of rotatable bonds is 2. The number of imidazole rings is 1. The summed E-state index contributed by atoms with van der Waals surface area (Å²) in [4.78, 5) is 27.5. The van der Waals surface area contributed by atoms with Gasteiger partial charge in [0.25, 0.3) is 5.91 Å². The fraction of sp³-hybridized carbons (Fsp3) is 0.167. The van der Waals surface area contributed by atoms with Crippen LogP contribution in [0.3, 0.4) is 0 Å². The molecule has 1 heterocycles. The van der Waals surface area contributed by atoms with Crippen LogP contribution in [0.1, 0.15) is 21.6 Å². The van der Waals surface area contributed by atoms with Crippen LogP contribution in [-0.2, 0) is 0 Å². The molecule has 0 spiro atoms. The summed E-state index contributed by atoms with van der Waals surface area (Å²) in [5, 5.41) is 2.73. The lowest BCUT2D eigenvalue weighted by atomic mass is 10.1. The molecule has 0 saturated carbocycles. The zero-order chi connectivity index (χ0) is 13.3. The SMILES string of the molecule is Cc1cc(NC(=O)c2c[nH]c(=O)[nH]2)cc(C)c1Br. The molecule has 94 valence electrons. The van der Waals surface area contributed by atoms with Crippen molar-refractivity contribution in [3.63, 3.8) is 0 Å². The number of aromatic nitrogens is 2. The van der Waals surface area contributed by atoms with Crippen molar-refractivity contribution in [1.82, 2.24) is 9.97 Å². The van der Waals surface area contributed by atoms with Crippen LogP contribution in [0, 0.1) is 13.8 Å². The summed E-state index contributed by atoms with van der Waals surface area (Å²) >= 11 is 3.46. The molecule has 18 heavy (non-hydrogen) atoms. The van der Waals surface area contributed by atoms with Crippen molar-refractivity contribution in [2.24, 2.45) is 0 Å². The van der Waals surface area contributed by atoms with Gasteiger partial charge in [-0.05, 0) is 37.1 Å². The molecule has 2 aromatic rings. The average Bonchev–Trinajstić information content (AvgIpc) is 2.72. The van der Waals surface area contributed by atoms with Crippen molar-refractivity contribution in [2.75, 3.05) is 5.32 Å². The number of hydrogen-bond donors (Lipinski definition) is 3. The summed E-state index contributed by atoms with van der Waals surface area (Å²) in [5.41, 5.74) is 2.57. The van der Waals surface area contributed by atoms with Gasteiger partial charge in [0, 0.05) is 16.4 Å². The van der Waals surface area contributed by atoms with Crippen molar-refractivity contribution in [2.45, 2.75) is 13.8 Å². The molecule has 0 aliphatic rings. The highest BCUT2D eigenvalue weighted by atomic mass is 79.9. The minimum atomic E-state index is -0.400. The van der Waals surface area contributed by atoms with E-state index in [1.54, 1.807) is 0 Å². The fourth-order valence-corrected chi connectivity index (χ4v) is 1.90. The van der Waals surface area contributed by atoms with E-state index in [9.17, 15) is 9.59 Å². The predicted octanol–water partition coefficient (Wildman–Crippen LogP) is 2.33. The van der Waals surface area contributed by atoms with Crippen molar-refractivity contribution in [3.05, 3.63) is 50.1 Å². The van der Waals surface area contributed by atoms with Crippen LogP contribution in [0.2, 0.25) is 0 Å². The second-order valence-corrected chi connectivity index (χ2v) is 4.83. The molecule has 0 bridgehead atoms. The van der Waals surface area contributed by atoms with Gasteiger partial charge in [0.1, 0.15) is 5.69 Å². The molecule has 0 unspecified atom stereocenters. The number of anilines is 1. The lowest BCUT2D eigenvalue weighted by Gasteiger charge is -2.08. The number of H-pyrrole nitrogens is 2. The Hall–Kier alpha value is -1.82. The van der Waals surface area contributed by atoms with Crippen molar-refractivity contribution < 1.29 is 4.79 Å². The molecule has 1 aromatic heterocycles. The summed E-state index contributed by atoms with van der Waals surface area (Å²) < 4.78 is 1.02. The molecule has 0 saturated heterocycles. The van der Waals surface area contributed by atoms with E-state index in [-0.39, 0.29) is 11.6 Å². The molecule has 6 heteroatoms. The Bertz CT molecular complexity index is 634. The van der Waals surface area contributed by atoms with Gasteiger partial charge in [-0.2, -0.15) is 0 Å². The summed E-state index contributed by atoms with van der Waals surface area (Å²) in [6.45, 7) is 3.90. The highest BCUT2D eigenvalue weighted by Crippen LogP contribution is 2.25. The number of aromatic amines is 2. The van der Waals surface area contributed by atoms with Gasteiger partial charge in [-0.3, -0.25) is 4.79 Å². The average molecular weight is 310 g/mol. The zero-order valence-corrected chi connectivity index (χ0v) is 11.5. The third-order valence-electron chi connectivity index (χ3n) is 2.53. The van der Waals surface area contributed by atoms with E-state index in [0.717, 1.165) is 15.6 Å². The maximum Gasteiger partial charge on any atom is 0.323 e. The number of hydrogen-bond acceptors (Lipinski definition) is 2. The van der Waals surface area contributed by atoms with Gasteiger partial charge in [-0.25, -0.2) is 4.79 Å². The minimum absolute atomic E-state index is 0.207. The quantitative estimate of drug-likeness (QED) is 0.796. The smallest absolute Gasteiger partial charge is 0.321 e. The zero-order valence-electron chi connectivity index (χ0n) is 9.93. The second kappa shape index (κ2) is 4.81. The Labute approximate surface area is 112 Å². The predicted molar refractivity (Wildman–Crippen MR) is 73.0 cm³/mol. The molecule has 2 rings (SSSR count). The highest BCUT2D eigenvalue weighted by molar-refractivity contribution is 9.10. The van der Waals surface area contributed by atoms with Gasteiger partial charge in [-0.1, -0.05) is 15.9 Å². The number of benzene rings is 1. The molecule has 0 aliphatic carbocycles. The van der Waals surface area contributed by atoms with Crippen LogP contribution in [-0.4, -0.2) is 15.9 Å². The first-order valence-corrected chi connectivity index (χ1v) is 6.12. The van der Waals surface area contributed by atoms with Gasteiger partial charge in [0.05, 0.1) is 0 Å². The topological polar surface area (TPSA) is 77.8 Å². The molecule has 0 atom stereocenters. The van der Waals surface area contributed by atoms with E-state index in [4.69, 9.17) is 0 Å². The Balaban J connectivity index is 2.24. The maximum atomic E-state index is 11.8. The van der Waals surface area contributed by atoms with Crippen molar-refractivity contribution in [1.29, 1.82) is 0 Å². The first-order chi connectivity index (χ1) is 8.47. The molecular formula is C12H12BrN3O2. The van der Waals surface area contributed by atoms with Crippen LogP contribution in [0.25, 0.3) is 0 Å². The fourth-order valence-electron chi connectivity index (χ4n) is 1.67. The summed E-state index contributed by atoms with van der Waals surface area (Å²) in [6, 6.07) is 3.72. The summed E-state index contributed by atoms with van der Waals surface area (Å²) in [6.07, 6.45) is 1.34. The number of amides is 1. The third-order valence-corrected chi connectivity index (χ3v) is 3.79. The Morgan fingerprint density at radius 1 is 1.28 bits per heavy atom. The highest BCUT2D eigenvalue weighted by Gasteiger charge is 2.09. The molecule has 1 amide bonds. The minimum Gasteiger partial charge on any atom is -0.321 e. The normalized spacial score (nSPS) is 10.4. The molecule has 0 radical (unpaired) electrons. The third kappa shape index (κ3) is 2.53. The van der Waals surface area contributed by atoms with Gasteiger partial charge in [-0.15, -0.1) is 0 Å². The Morgan fingerprint density at radius 2 is 1.89 bits per heavy atom.